The Morgan fingerprint density at radius 2 is 1.96 bits per heavy atom. The Morgan fingerprint density at radius 3 is 2.65 bits per heavy atom. The van der Waals surface area contributed by atoms with Crippen molar-refractivity contribution in [2.45, 2.75) is 6.92 Å². The van der Waals surface area contributed by atoms with Gasteiger partial charge in [-0.25, -0.2) is 14.8 Å². The lowest BCUT2D eigenvalue weighted by Crippen LogP contribution is -2.21. The van der Waals surface area contributed by atoms with E-state index >= 15 is 0 Å². The van der Waals surface area contributed by atoms with Gasteiger partial charge in [0.1, 0.15) is 5.00 Å². The Labute approximate surface area is 160 Å². The summed E-state index contributed by atoms with van der Waals surface area (Å²) in [5, 5.41) is 6.85. The highest BCUT2D eigenvalue weighted by Crippen LogP contribution is 2.35. The van der Waals surface area contributed by atoms with Gasteiger partial charge >= 0.3 is 5.97 Å². The van der Waals surface area contributed by atoms with Crippen molar-refractivity contribution in [3.05, 3.63) is 59.9 Å². The third-order valence-electron chi connectivity index (χ3n) is 3.44. The van der Waals surface area contributed by atoms with Gasteiger partial charge in [-0.3, -0.25) is 0 Å². The molecule has 0 saturated carbocycles. The molecular formula is C18H16N4O2S2. The summed E-state index contributed by atoms with van der Waals surface area (Å²) in [6, 6.07) is 13.4. The number of esters is 1. The van der Waals surface area contributed by atoms with E-state index in [4.69, 9.17) is 17.0 Å². The number of aryl methyl sites for hydroxylation is 1. The number of benzene rings is 1. The third kappa shape index (κ3) is 4.22. The van der Waals surface area contributed by atoms with Crippen LogP contribution in [0, 0.1) is 6.92 Å². The zero-order valence-electron chi connectivity index (χ0n) is 14.1. The van der Waals surface area contributed by atoms with E-state index in [1.54, 1.807) is 18.3 Å². The summed E-state index contributed by atoms with van der Waals surface area (Å²) in [6.45, 7) is 1.87. The third-order valence-corrected chi connectivity index (χ3v) is 4.75. The molecule has 26 heavy (non-hydrogen) atoms. The Hall–Kier alpha value is -2.84. The summed E-state index contributed by atoms with van der Waals surface area (Å²) in [6.07, 6.45) is 1.64. The lowest BCUT2D eigenvalue weighted by atomic mass is 10.1. The molecule has 0 spiro atoms. The molecular weight excluding hydrogens is 368 g/mol. The normalized spacial score (nSPS) is 10.2. The van der Waals surface area contributed by atoms with E-state index in [1.807, 2.05) is 37.3 Å². The molecule has 2 N–H and O–H groups in total. The van der Waals surface area contributed by atoms with E-state index < -0.39 is 5.97 Å². The summed E-state index contributed by atoms with van der Waals surface area (Å²) < 4.78 is 4.88. The predicted molar refractivity (Wildman–Crippen MR) is 108 cm³/mol. The van der Waals surface area contributed by atoms with Crippen molar-refractivity contribution in [3.8, 4) is 10.4 Å². The van der Waals surface area contributed by atoms with E-state index in [-0.39, 0.29) is 0 Å². The molecule has 0 aliphatic rings. The van der Waals surface area contributed by atoms with Crippen LogP contribution in [0.3, 0.4) is 0 Å². The van der Waals surface area contributed by atoms with Crippen LogP contribution in [0.1, 0.15) is 16.1 Å². The topological polar surface area (TPSA) is 76.1 Å². The van der Waals surface area contributed by atoms with E-state index in [0.29, 0.717) is 21.6 Å². The number of aromatic nitrogens is 2. The van der Waals surface area contributed by atoms with Gasteiger partial charge in [0.05, 0.1) is 12.7 Å². The molecule has 0 unspecified atom stereocenters. The summed E-state index contributed by atoms with van der Waals surface area (Å²) in [5.74, 6) is -0.0394. The van der Waals surface area contributed by atoms with Crippen molar-refractivity contribution in [3.63, 3.8) is 0 Å². The van der Waals surface area contributed by atoms with E-state index in [2.05, 4.69) is 20.6 Å². The highest BCUT2D eigenvalue weighted by Gasteiger charge is 2.18. The van der Waals surface area contributed by atoms with Crippen LogP contribution in [0.15, 0.2) is 48.7 Å². The molecule has 0 amide bonds. The van der Waals surface area contributed by atoms with Crippen molar-refractivity contribution in [1.29, 1.82) is 0 Å². The fourth-order valence-electron chi connectivity index (χ4n) is 2.24. The lowest BCUT2D eigenvalue weighted by Gasteiger charge is -2.09. The van der Waals surface area contributed by atoms with Crippen molar-refractivity contribution in [2.75, 3.05) is 17.7 Å². The number of carbonyl (C=O) groups is 1. The molecule has 6 nitrogen and oxygen atoms in total. The summed E-state index contributed by atoms with van der Waals surface area (Å²) in [4.78, 5) is 21.4. The summed E-state index contributed by atoms with van der Waals surface area (Å²) in [7, 11) is 1.35. The number of hydrogen-bond acceptors (Lipinski definition) is 6. The largest absolute Gasteiger partial charge is 0.465 e. The zero-order valence-corrected chi connectivity index (χ0v) is 15.8. The number of thiophene rings is 1. The van der Waals surface area contributed by atoms with Crippen LogP contribution in [0.4, 0.5) is 10.9 Å². The van der Waals surface area contributed by atoms with Crippen molar-refractivity contribution in [1.82, 2.24) is 9.97 Å². The van der Waals surface area contributed by atoms with Gasteiger partial charge in [-0.15, -0.1) is 11.3 Å². The molecule has 0 atom stereocenters. The Morgan fingerprint density at radius 1 is 1.19 bits per heavy atom. The average molecular weight is 384 g/mol. The van der Waals surface area contributed by atoms with Gasteiger partial charge in [-0.2, -0.15) is 0 Å². The maximum atomic E-state index is 12.1. The van der Waals surface area contributed by atoms with Crippen molar-refractivity contribution >= 4 is 45.6 Å². The van der Waals surface area contributed by atoms with E-state index in [9.17, 15) is 4.79 Å². The monoisotopic (exact) mass is 384 g/mol. The van der Waals surface area contributed by atoms with Gasteiger partial charge < -0.3 is 15.4 Å². The number of rotatable bonds is 4. The van der Waals surface area contributed by atoms with Gasteiger partial charge in [0.25, 0.3) is 0 Å². The van der Waals surface area contributed by atoms with Crippen LogP contribution in [0.2, 0.25) is 0 Å². The zero-order chi connectivity index (χ0) is 18.5. The molecule has 0 bridgehead atoms. The highest BCUT2D eigenvalue weighted by molar-refractivity contribution is 7.80. The molecule has 0 radical (unpaired) electrons. The first-order valence-corrected chi connectivity index (χ1v) is 8.94. The number of ether oxygens (including phenoxy) is 1. The van der Waals surface area contributed by atoms with Crippen LogP contribution in [0.5, 0.6) is 0 Å². The quantitative estimate of drug-likeness (QED) is 0.518. The molecule has 132 valence electrons. The molecule has 0 aliphatic carbocycles. The molecule has 0 saturated heterocycles. The molecule has 3 aromatic rings. The number of methoxy groups -OCH3 is 1. The maximum Gasteiger partial charge on any atom is 0.340 e. The fourth-order valence-corrected chi connectivity index (χ4v) is 3.55. The second kappa shape index (κ2) is 8.03. The Balaban J connectivity index is 1.84. The number of thiocarbonyl (C=S) groups is 1. The first-order valence-electron chi connectivity index (χ1n) is 7.72. The number of anilines is 2. The van der Waals surface area contributed by atoms with Gasteiger partial charge in [0, 0.05) is 16.8 Å². The summed E-state index contributed by atoms with van der Waals surface area (Å²) in [5.41, 5.74) is 2.25. The molecule has 2 heterocycles. The van der Waals surface area contributed by atoms with Crippen molar-refractivity contribution in [2.24, 2.45) is 0 Å². The average Bonchev–Trinajstić information content (AvgIpc) is 3.05. The van der Waals surface area contributed by atoms with Gasteiger partial charge in [0.2, 0.25) is 5.95 Å². The molecule has 1 aromatic carbocycles. The van der Waals surface area contributed by atoms with Crippen LogP contribution >= 0.6 is 23.6 Å². The standard InChI is InChI=1S/C18H16N4O2S2/c1-11-8-9-19-17(20-11)22-18(25)21-15-13(16(23)24-2)10-14(26-15)12-6-4-3-5-7-12/h3-10H,1-2H3,(H2,19,20,21,22,25). The van der Waals surface area contributed by atoms with Gasteiger partial charge in [-0.1, -0.05) is 30.3 Å². The van der Waals surface area contributed by atoms with Crippen molar-refractivity contribution < 1.29 is 9.53 Å². The number of nitrogens with zero attached hydrogens (tertiary/aromatic N) is 2. The van der Waals surface area contributed by atoms with Gasteiger partial charge in [0.15, 0.2) is 5.11 Å². The molecule has 8 heteroatoms. The van der Waals surface area contributed by atoms with Crippen LogP contribution < -0.4 is 10.6 Å². The van der Waals surface area contributed by atoms with Crippen LogP contribution in [0.25, 0.3) is 10.4 Å². The Bertz CT molecular complexity index is 941. The van der Waals surface area contributed by atoms with Gasteiger partial charge in [-0.05, 0) is 36.8 Å². The first kappa shape index (κ1) is 18.0. The fraction of sp³-hybridized carbons (Fsp3) is 0.111. The van der Waals surface area contributed by atoms with Crippen LogP contribution in [-0.2, 0) is 4.74 Å². The Kier molecular flexibility index (Phi) is 5.55. The lowest BCUT2D eigenvalue weighted by molar-refractivity contribution is 0.0602. The number of carbonyl (C=O) groups excluding carboxylic acids is 1. The number of hydrogen-bond donors (Lipinski definition) is 2. The molecule has 3 rings (SSSR count). The molecule has 2 aromatic heterocycles. The second-order valence-corrected chi connectivity index (χ2v) is 6.77. The second-order valence-electron chi connectivity index (χ2n) is 5.31. The van der Waals surface area contributed by atoms with Crippen LogP contribution in [-0.4, -0.2) is 28.2 Å². The predicted octanol–water partition coefficient (Wildman–Crippen LogP) is 4.11. The minimum Gasteiger partial charge on any atom is -0.465 e. The van der Waals surface area contributed by atoms with E-state index in [0.717, 1.165) is 16.1 Å². The maximum absolute atomic E-state index is 12.1. The highest BCUT2D eigenvalue weighted by atomic mass is 32.1. The minimum absolute atomic E-state index is 0.294. The molecule has 0 aliphatic heterocycles. The smallest absolute Gasteiger partial charge is 0.340 e. The SMILES string of the molecule is COC(=O)c1cc(-c2ccccc2)sc1NC(=S)Nc1nccc(C)n1. The minimum atomic E-state index is -0.430. The first-order chi connectivity index (χ1) is 12.6. The molecule has 0 fully saturated rings. The summed E-state index contributed by atoms with van der Waals surface area (Å²) >= 11 is 6.74. The number of nitrogens with one attached hydrogen (secondary N) is 2. The van der Waals surface area contributed by atoms with E-state index in [1.165, 1.54) is 18.4 Å².